The van der Waals surface area contributed by atoms with Gasteiger partial charge in [0.15, 0.2) is 0 Å². The van der Waals surface area contributed by atoms with Crippen LogP contribution in [-0.2, 0) is 10.2 Å². The Balaban J connectivity index is 2.68. The van der Waals surface area contributed by atoms with E-state index >= 15 is 0 Å². The Morgan fingerprint density at radius 1 is 1.24 bits per heavy atom. The first kappa shape index (κ1) is 14.2. The lowest BCUT2D eigenvalue weighted by Crippen LogP contribution is -2.40. The molecule has 1 aromatic carbocycles. The van der Waals surface area contributed by atoms with Gasteiger partial charge in [-0.2, -0.15) is 0 Å². The summed E-state index contributed by atoms with van der Waals surface area (Å²) in [6, 6.07) is 9.95. The molecular weight excluding hydrogens is 214 g/mol. The number of benzene rings is 1. The SMILES string of the molecule is CCCOCCC(CN)(CO)c1ccccc1. The Morgan fingerprint density at radius 2 is 1.94 bits per heavy atom. The largest absolute Gasteiger partial charge is 0.395 e. The van der Waals surface area contributed by atoms with E-state index in [-0.39, 0.29) is 12.0 Å². The van der Waals surface area contributed by atoms with Crippen molar-refractivity contribution in [2.45, 2.75) is 25.2 Å². The molecule has 96 valence electrons. The second kappa shape index (κ2) is 7.43. The highest BCUT2D eigenvalue weighted by atomic mass is 16.5. The molecule has 0 bridgehead atoms. The van der Waals surface area contributed by atoms with Crippen LogP contribution in [0.15, 0.2) is 30.3 Å². The molecule has 0 aliphatic heterocycles. The molecule has 1 unspecified atom stereocenters. The van der Waals surface area contributed by atoms with Gasteiger partial charge in [-0.25, -0.2) is 0 Å². The first-order chi connectivity index (χ1) is 8.29. The molecule has 0 aromatic heterocycles. The van der Waals surface area contributed by atoms with Crippen molar-refractivity contribution in [3.63, 3.8) is 0 Å². The summed E-state index contributed by atoms with van der Waals surface area (Å²) in [7, 11) is 0. The molecule has 0 saturated carbocycles. The van der Waals surface area contributed by atoms with Crippen LogP contribution < -0.4 is 5.73 Å². The van der Waals surface area contributed by atoms with Crippen LogP contribution in [0.1, 0.15) is 25.3 Å². The maximum absolute atomic E-state index is 9.65. The highest BCUT2D eigenvalue weighted by molar-refractivity contribution is 5.26. The Kier molecular flexibility index (Phi) is 6.19. The minimum absolute atomic E-state index is 0.0585. The first-order valence-electron chi connectivity index (χ1n) is 6.23. The molecule has 0 saturated heterocycles. The van der Waals surface area contributed by atoms with Crippen molar-refractivity contribution in [2.75, 3.05) is 26.4 Å². The van der Waals surface area contributed by atoms with Crippen LogP contribution in [0.5, 0.6) is 0 Å². The number of aliphatic hydroxyl groups excluding tert-OH is 1. The molecule has 3 N–H and O–H groups in total. The number of nitrogens with two attached hydrogens (primary N) is 1. The van der Waals surface area contributed by atoms with E-state index in [1.54, 1.807) is 0 Å². The molecule has 0 fully saturated rings. The normalized spacial score (nSPS) is 14.5. The molecule has 0 radical (unpaired) electrons. The number of rotatable bonds is 8. The number of ether oxygens (including phenoxy) is 1. The van der Waals surface area contributed by atoms with Gasteiger partial charge in [-0.3, -0.25) is 0 Å². The van der Waals surface area contributed by atoms with Crippen LogP contribution in [-0.4, -0.2) is 31.5 Å². The molecule has 3 heteroatoms. The minimum atomic E-state index is -0.366. The molecule has 0 aliphatic rings. The summed E-state index contributed by atoms with van der Waals surface area (Å²) in [5.41, 5.74) is 6.57. The van der Waals surface area contributed by atoms with E-state index < -0.39 is 0 Å². The summed E-state index contributed by atoms with van der Waals surface area (Å²) in [4.78, 5) is 0. The van der Waals surface area contributed by atoms with E-state index in [1.165, 1.54) is 0 Å². The lowest BCUT2D eigenvalue weighted by atomic mass is 9.78. The van der Waals surface area contributed by atoms with Crippen LogP contribution >= 0.6 is 0 Å². The van der Waals surface area contributed by atoms with Gasteiger partial charge in [0.05, 0.1) is 6.61 Å². The molecule has 1 atom stereocenters. The van der Waals surface area contributed by atoms with Crippen molar-refractivity contribution in [1.82, 2.24) is 0 Å². The van der Waals surface area contributed by atoms with Gasteiger partial charge >= 0.3 is 0 Å². The predicted molar refractivity (Wildman–Crippen MR) is 70.0 cm³/mol. The van der Waals surface area contributed by atoms with Crippen molar-refractivity contribution >= 4 is 0 Å². The number of hydrogen-bond acceptors (Lipinski definition) is 3. The lowest BCUT2D eigenvalue weighted by Gasteiger charge is -2.31. The second-order valence-electron chi connectivity index (χ2n) is 4.37. The van der Waals surface area contributed by atoms with Gasteiger partial charge in [-0.15, -0.1) is 0 Å². The molecule has 0 spiro atoms. The third-order valence-corrected chi connectivity index (χ3v) is 3.15. The zero-order valence-electron chi connectivity index (χ0n) is 10.6. The van der Waals surface area contributed by atoms with Crippen LogP contribution in [0, 0.1) is 0 Å². The molecule has 0 aliphatic carbocycles. The molecule has 1 rings (SSSR count). The standard InChI is InChI=1S/C14H23NO2/c1-2-9-17-10-8-14(11-15,12-16)13-6-4-3-5-7-13/h3-7,16H,2,8-12,15H2,1H3. The third-order valence-electron chi connectivity index (χ3n) is 3.15. The quantitative estimate of drug-likeness (QED) is 0.677. The van der Waals surface area contributed by atoms with Crippen LogP contribution in [0.3, 0.4) is 0 Å². The summed E-state index contributed by atoms with van der Waals surface area (Å²) in [5.74, 6) is 0. The third kappa shape index (κ3) is 3.80. The Labute approximate surface area is 104 Å². The zero-order chi connectivity index (χ0) is 12.6. The topological polar surface area (TPSA) is 55.5 Å². The van der Waals surface area contributed by atoms with Gasteiger partial charge < -0.3 is 15.6 Å². The van der Waals surface area contributed by atoms with Gasteiger partial charge in [0.25, 0.3) is 0 Å². The Bertz CT molecular complexity index is 296. The van der Waals surface area contributed by atoms with Crippen molar-refractivity contribution in [1.29, 1.82) is 0 Å². The molecule has 17 heavy (non-hydrogen) atoms. The molecule has 1 aromatic rings. The average molecular weight is 237 g/mol. The van der Waals surface area contributed by atoms with Crippen LogP contribution in [0.25, 0.3) is 0 Å². The number of aliphatic hydroxyl groups is 1. The lowest BCUT2D eigenvalue weighted by molar-refractivity contribution is 0.0951. The van der Waals surface area contributed by atoms with E-state index in [0.717, 1.165) is 25.0 Å². The zero-order valence-corrected chi connectivity index (χ0v) is 10.6. The van der Waals surface area contributed by atoms with Crippen molar-refractivity contribution in [3.05, 3.63) is 35.9 Å². The predicted octanol–water partition coefficient (Wildman–Crippen LogP) is 1.69. The van der Waals surface area contributed by atoms with Crippen LogP contribution in [0.4, 0.5) is 0 Å². The molecular formula is C14H23NO2. The van der Waals surface area contributed by atoms with Crippen molar-refractivity contribution in [3.8, 4) is 0 Å². The molecule has 0 heterocycles. The van der Waals surface area contributed by atoms with Gasteiger partial charge in [-0.05, 0) is 18.4 Å². The smallest absolute Gasteiger partial charge is 0.0541 e. The van der Waals surface area contributed by atoms with E-state index in [9.17, 15) is 5.11 Å². The maximum Gasteiger partial charge on any atom is 0.0541 e. The Morgan fingerprint density at radius 3 is 2.47 bits per heavy atom. The number of hydrogen-bond donors (Lipinski definition) is 2. The summed E-state index contributed by atoms with van der Waals surface area (Å²) in [6.07, 6.45) is 1.77. The fraction of sp³-hybridized carbons (Fsp3) is 0.571. The van der Waals surface area contributed by atoms with E-state index in [1.807, 2.05) is 30.3 Å². The van der Waals surface area contributed by atoms with Gasteiger partial charge in [0, 0.05) is 25.2 Å². The fourth-order valence-electron chi connectivity index (χ4n) is 1.90. The summed E-state index contributed by atoms with van der Waals surface area (Å²) >= 11 is 0. The monoisotopic (exact) mass is 237 g/mol. The van der Waals surface area contributed by atoms with Gasteiger partial charge in [-0.1, -0.05) is 37.3 Å². The van der Waals surface area contributed by atoms with Gasteiger partial charge in [0.1, 0.15) is 0 Å². The Hall–Kier alpha value is -0.900. The maximum atomic E-state index is 9.65. The fourth-order valence-corrected chi connectivity index (χ4v) is 1.90. The van der Waals surface area contributed by atoms with Crippen molar-refractivity contribution in [2.24, 2.45) is 5.73 Å². The van der Waals surface area contributed by atoms with Crippen LogP contribution in [0.2, 0.25) is 0 Å². The highest BCUT2D eigenvalue weighted by Crippen LogP contribution is 2.26. The minimum Gasteiger partial charge on any atom is -0.395 e. The summed E-state index contributed by atoms with van der Waals surface area (Å²) in [5, 5.41) is 9.65. The summed E-state index contributed by atoms with van der Waals surface area (Å²) in [6.45, 7) is 3.98. The van der Waals surface area contributed by atoms with E-state index in [0.29, 0.717) is 13.2 Å². The highest BCUT2D eigenvalue weighted by Gasteiger charge is 2.29. The molecule has 0 amide bonds. The molecule has 3 nitrogen and oxygen atoms in total. The average Bonchev–Trinajstić information content (AvgIpc) is 2.41. The van der Waals surface area contributed by atoms with Gasteiger partial charge in [0.2, 0.25) is 0 Å². The first-order valence-corrected chi connectivity index (χ1v) is 6.23. The second-order valence-corrected chi connectivity index (χ2v) is 4.37. The van der Waals surface area contributed by atoms with E-state index in [4.69, 9.17) is 10.5 Å². The van der Waals surface area contributed by atoms with E-state index in [2.05, 4.69) is 6.92 Å². The van der Waals surface area contributed by atoms with Crippen molar-refractivity contribution < 1.29 is 9.84 Å². The summed E-state index contributed by atoms with van der Waals surface area (Å²) < 4.78 is 5.50.